The molecular weight excluding hydrogens is 360 g/mol. The molecule has 1 aliphatic rings. The zero-order chi connectivity index (χ0) is 20.6. The molecule has 0 bridgehead atoms. The van der Waals surface area contributed by atoms with Gasteiger partial charge in [-0.3, -0.25) is 9.59 Å². The molecule has 1 aliphatic carbocycles. The number of benzene rings is 2. The van der Waals surface area contributed by atoms with Gasteiger partial charge in [0.15, 0.2) is 0 Å². The Hall–Kier alpha value is -3.28. The number of hydrogen-bond donors (Lipinski definition) is 2. The average molecular weight is 380 g/mol. The van der Waals surface area contributed by atoms with E-state index in [0.29, 0.717) is 0 Å². The number of ketones is 2. The first-order valence-electron chi connectivity index (χ1n) is 8.89. The molecule has 2 N–H and O–H groups in total. The number of rotatable bonds is 6. The molecule has 4 atom stereocenters. The quantitative estimate of drug-likeness (QED) is 0.795. The van der Waals surface area contributed by atoms with Gasteiger partial charge in [-0.15, -0.1) is 0 Å². The molecule has 6 nitrogen and oxygen atoms in total. The lowest BCUT2D eigenvalue weighted by atomic mass is 9.50. The second-order valence-electron chi connectivity index (χ2n) is 7.18. The minimum atomic E-state index is -1.04. The van der Waals surface area contributed by atoms with E-state index in [2.05, 4.69) is 0 Å². The summed E-state index contributed by atoms with van der Waals surface area (Å²) < 4.78 is 0. The Morgan fingerprint density at radius 1 is 0.607 bits per heavy atom. The zero-order valence-electron chi connectivity index (χ0n) is 15.5. The highest BCUT2D eigenvalue weighted by Crippen LogP contribution is 2.58. The van der Waals surface area contributed by atoms with Gasteiger partial charge < -0.3 is 10.2 Å². The molecule has 0 saturated heterocycles. The minimum absolute atomic E-state index is 0.0917. The van der Waals surface area contributed by atoms with E-state index < -0.39 is 23.8 Å². The fourth-order valence-electron chi connectivity index (χ4n) is 4.28. The van der Waals surface area contributed by atoms with Gasteiger partial charge in [-0.1, -0.05) is 24.3 Å². The fraction of sp³-hybridized carbons (Fsp3) is 0.273. The highest BCUT2D eigenvalue weighted by Gasteiger charge is 2.55. The van der Waals surface area contributed by atoms with Crippen LogP contribution in [0.1, 0.15) is 57.5 Å². The maximum Gasteiger partial charge on any atom is 0.335 e. The highest BCUT2D eigenvalue weighted by atomic mass is 16.4. The van der Waals surface area contributed by atoms with Gasteiger partial charge in [-0.25, -0.2) is 9.59 Å². The molecule has 0 spiro atoms. The highest BCUT2D eigenvalue weighted by molar-refractivity contribution is 5.92. The van der Waals surface area contributed by atoms with Crippen molar-refractivity contribution in [3.63, 3.8) is 0 Å². The molecule has 6 heteroatoms. The van der Waals surface area contributed by atoms with Crippen molar-refractivity contribution in [2.24, 2.45) is 11.8 Å². The maximum absolute atomic E-state index is 12.3. The Labute approximate surface area is 161 Å². The molecule has 0 radical (unpaired) electrons. The Bertz CT molecular complexity index is 862. The molecule has 3 rings (SSSR count). The monoisotopic (exact) mass is 380 g/mol. The number of carboxylic acid groups (broad SMARTS) is 2. The Balaban J connectivity index is 2.04. The van der Waals surface area contributed by atoms with Crippen molar-refractivity contribution in [2.45, 2.75) is 25.7 Å². The second kappa shape index (κ2) is 7.38. The van der Waals surface area contributed by atoms with E-state index in [4.69, 9.17) is 10.2 Å². The third-order valence-electron chi connectivity index (χ3n) is 5.57. The van der Waals surface area contributed by atoms with Crippen molar-refractivity contribution >= 4 is 23.5 Å². The summed E-state index contributed by atoms with van der Waals surface area (Å²) >= 11 is 0. The van der Waals surface area contributed by atoms with Crippen molar-refractivity contribution in [2.75, 3.05) is 0 Å². The number of carboxylic acids is 2. The largest absolute Gasteiger partial charge is 0.478 e. The van der Waals surface area contributed by atoms with Crippen LogP contribution in [0.15, 0.2) is 48.5 Å². The van der Waals surface area contributed by atoms with E-state index in [1.807, 2.05) is 0 Å². The van der Waals surface area contributed by atoms with Gasteiger partial charge >= 0.3 is 11.9 Å². The van der Waals surface area contributed by atoms with E-state index in [1.54, 1.807) is 24.3 Å². The van der Waals surface area contributed by atoms with Crippen LogP contribution in [0.3, 0.4) is 0 Å². The lowest BCUT2D eigenvalue weighted by molar-refractivity contribution is -0.139. The molecule has 0 amide bonds. The first kappa shape index (κ1) is 19.5. The zero-order valence-corrected chi connectivity index (χ0v) is 15.5. The molecule has 1 saturated carbocycles. The molecule has 2 aromatic carbocycles. The SMILES string of the molecule is CC(=O)C1[C@@H](c2ccc(C(=O)O)cc2)[C@H](c2ccc(C(=O)O)cc2)[C@H]1C(C)=O. The lowest BCUT2D eigenvalue weighted by Gasteiger charge is -2.50. The summed E-state index contributed by atoms with van der Waals surface area (Å²) in [6.07, 6.45) is 0. The van der Waals surface area contributed by atoms with Gasteiger partial charge in [-0.2, -0.15) is 0 Å². The van der Waals surface area contributed by atoms with Crippen LogP contribution in [0.25, 0.3) is 0 Å². The molecule has 0 aromatic heterocycles. The molecular formula is C22H20O6. The van der Waals surface area contributed by atoms with E-state index in [-0.39, 0.29) is 34.5 Å². The molecule has 0 heterocycles. The standard InChI is InChI=1S/C22H20O6/c1-11(23)17-18(12(2)24)20(14-5-9-16(10-6-14)22(27)28)19(17)13-3-7-15(8-4-13)21(25)26/h3-10,17-20H,1-2H3,(H,25,26)(H,27,28)/t17-,18?,19+,20+/m0/s1. The Kier molecular flexibility index (Phi) is 5.14. The first-order valence-corrected chi connectivity index (χ1v) is 8.89. The molecule has 144 valence electrons. The predicted molar refractivity (Wildman–Crippen MR) is 101 cm³/mol. The summed E-state index contributed by atoms with van der Waals surface area (Å²) in [5.41, 5.74) is 1.87. The summed E-state index contributed by atoms with van der Waals surface area (Å²) in [7, 11) is 0. The van der Waals surface area contributed by atoms with Gasteiger partial charge in [-0.05, 0) is 49.2 Å². The van der Waals surface area contributed by atoms with Crippen LogP contribution in [-0.4, -0.2) is 33.7 Å². The summed E-state index contributed by atoms with van der Waals surface area (Å²) in [6, 6.07) is 12.7. The van der Waals surface area contributed by atoms with Crippen LogP contribution in [-0.2, 0) is 9.59 Å². The minimum Gasteiger partial charge on any atom is -0.478 e. The van der Waals surface area contributed by atoms with Crippen molar-refractivity contribution in [1.29, 1.82) is 0 Å². The topological polar surface area (TPSA) is 109 Å². The van der Waals surface area contributed by atoms with Gasteiger partial charge in [0.05, 0.1) is 11.1 Å². The van der Waals surface area contributed by atoms with Crippen molar-refractivity contribution in [3.8, 4) is 0 Å². The predicted octanol–water partition coefficient (Wildman–Crippen LogP) is 3.37. The molecule has 1 unspecified atom stereocenters. The van der Waals surface area contributed by atoms with Gasteiger partial charge in [0.25, 0.3) is 0 Å². The Morgan fingerprint density at radius 3 is 1.11 bits per heavy atom. The van der Waals surface area contributed by atoms with E-state index in [1.165, 1.54) is 38.1 Å². The summed E-state index contributed by atoms with van der Waals surface area (Å²) in [5.74, 6) is -3.78. The van der Waals surface area contributed by atoms with Crippen LogP contribution in [0.5, 0.6) is 0 Å². The van der Waals surface area contributed by atoms with Gasteiger partial charge in [0.1, 0.15) is 11.6 Å². The number of aromatic carboxylic acids is 2. The number of Topliss-reactive ketones (excluding diaryl/α,β-unsaturated/α-hetero) is 2. The third-order valence-corrected chi connectivity index (χ3v) is 5.57. The fourth-order valence-corrected chi connectivity index (χ4v) is 4.28. The smallest absolute Gasteiger partial charge is 0.335 e. The van der Waals surface area contributed by atoms with Crippen molar-refractivity contribution in [1.82, 2.24) is 0 Å². The number of carbonyl (C=O) groups excluding carboxylic acids is 2. The van der Waals surface area contributed by atoms with E-state index >= 15 is 0 Å². The summed E-state index contributed by atoms with van der Waals surface area (Å²) in [6.45, 7) is 2.92. The summed E-state index contributed by atoms with van der Waals surface area (Å²) in [4.78, 5) is 46.8. The van der Waals surface area contributed by atoms with E-state index in [0.717, 1.165) is 11.1 Å². The van der Waals surface area contributed by atoms with Crippen molar-refractivity contribution < 1.29 is 29.4 Å². The number of hydrogen-bond acceptors (Lipinski definition) is 4. The van der Waals surface area contributed by atoms with Crippen LogP contribution in [0.2, 0.25) is 0 Å². The molecule has 1 fully saturated rings. The van der Waals surface area contributed by atoms with Gasteiger partial charge in [0.2, 0.25) is 0 Å². The number of carbonyl (C=O) groups is 4. The van der Waals surface area contributed by atoms with E-state index in [9.17, 15) is 19.2 Å². The van der Waals surface area contributed by atoms with Crippen LogP contribution in [0, 0.1) is 11.8 Å². The maximum atomic E-state index is 12.3. The normalized spacial score (nSPS) is 23.5. The average Bonchev–Trinajstić information content (AvgIpc) is 2.61. The summed E-state index contributed by atoms with van der Waals surface area (Å²) in [5, 5.41) is 18.2. The molecule has 2 aromatic rings. The second-order valence-corrected chi connectivity index (χ2v) is 7.18. The van der Waals surface area contributed by atoms with Crippen LogP contribution < -0.4 is 0 Å². The lowest BCUT2D eigenvalue weighted by Crippen LogP contribution is -2.50. The first-order chi connectivity index (χ1) is 13.2. The van der Waals surface area contributed by atoms with Crippen LogP contribution in [0.4, 0.5) is 0 Å². The third kappa shape index (κ3) is 3.33. The van der Waals surface area contributed by atoms with Crippen LogP contribution >= 0.6 is 0 Å². The van der Waals surface area contributed by atoms with Crippen molar-refractivity contribution in [3.05, 3.63) is 70.8 Å². The Morgan fingerprint density at radius 2 is 0.893 bits per heavy atom. The molecule has 28 heavy (non-hydrogen) atoms. The molecule has 0 aliphatic heterocycles. The van der Waals surface area contributed by atoms with Gasteiger partial charge in [0, 0.05) is 23.7 Å².